The number of guanidine groups is 1. The summed E-state index contributed by atoms with van der Waals surface area (Å²) in [6.07, 6.45) is 3.23. The van der Waals surface area contributed by atoms with Gasteiger partial charge in [-0.05, 0) is 43.9 Å². The van der Waals surface area contributed by atoms with Crippen LogP contribution in [0.25, 0.3) is 0 Å². The average Bonchev–Trinajstić information content (AvgIpc) is 3.19. The molecule has 0 radical (unpaired) electrons. The second-order valence-corrected chi connectivity index (χ2v) is 6.75. The molecule has 0 spiro atoms. The summed E-state index contributed by atoms with van der Waals surface area (Å²) in [6.45, 7) is 8.01. The van der Waals surface area contributed by atoms with Crippen LogP contribution in [-0.4, -0.2) is 71.1 Å². The number of benzene rings is 1. The smallest absolute Gasteiger partial charge is 0.193 e. The lowest BCUT2D eigenvalue weighted by Crippen LogP contribution is -2.40. The molecule has 7 heteroatoms. The molecule has 1 aliphatic rings. The van der Waals surface area contributed by atoms with Crippen molar-refractivity contribution in [2.24, 2.45) is 4.99 Å². The summed E-state index contributed by atoms with van der Waals surface area (Å²) in [4.78, 5) is 7.20. The van der Waals surface area contributed by atoms with Gasteiger partial charge in [0.2, 0.25) is 0 Å². The molecule has 1 fully saturated rings. The highest BCUT2D eigenvalue weighted by molar-refractivity contribution is 14.0. The maximum absolute atomic E-state index is 5.50. The first-order valence-electron chi connectivity index (χ1n) is 10.0. The van der Waals surface area contributed by atoms with Crippen molar-refractivity contribution in [1.29, 1.82) is 0 Å². The van der Waals surface area contributed by atoms with E-state index in [4.69, 9.17) is 19.2 Å². The molecule has 1 heterocycles. The molecule has 1 aliphatic heterocycles. The molecule has 0 aromatic heterocycles. The fourth-order valence-corrected chi connectivity index (χ4v) is 3.27. The predicted octanol–water partition coefficient (Wildman–Crippen LogP) is 3.51. The summed E-state index contributed by atoms with van der Waals surface area (Å²) in [6, 6.07) is 8.46. The van der Waals surface area contributed by atoms with Crippen LogP contribution in [-0.2, 0) is 9.47 Å². The third-order valence-electron chi connectivity index (χ3n) is 4.80. The monoisotopic (exact) mass is 505 g/mol. The number of ether oxygens (including phenoxy) is 3. The first-order valence-corrected chi connectivity index (χ1v) is 10.0. The summed E-state index contributed by atoms with van der Waals surface area (Å²) in [7, 11) is 3.40. The average molecular weight is 505 g/mol. The number of methoxy groups -OCH3 is 2. The molecule has 28 heavy (non-hydrogen) atoms. The Balaban J connectivity index is 0.00000392. The highest BCUT2D eigenvalue weighted by atomic mass is 127. The quantitative estimate of drug-likeness (QED) is 0.216. The van der Waals surface area contributed by atoms with Crippen LogP contribution in [0.1, 0.15) is 37.7 Å². The Morgan fingerprint density at radius 2 is 1.93 bits per heavy atom. The molecular formula is C21H36IN3O3. The molecule has 2 rings (SSSR count). The van der Waals surface area contributed by atoms with Crippen molar-refractivity contribution < 1.29 is 14.2 Å². The molecule has 0 saturated carbocycles. The van der Waals surface area contributed by atoms with Crippen LogP contribution in [0.5, 0.6) is 5.75 Å². The lowest BCUT2D eigenvalue weighted by Gasteiger charge is -2.22. The molecule has 1 atom stereocenters. The van der Waals surface area contributed by atoms with E-state index < -0.39 is 0 Å². The number of hydrogen-bond donors (Lipinski definition) is 1. The van der Waals surface area contributed by atoms with Gasteiger partial charge in [-0.2, -0.15) is 0 Å². The summed E-state index contributed by atoms with van der Waals surface area (Å²) < 4.78 is 15.7. The van der Waals surface area contributed by atoms with E-state index in [1.165, 1.54) is 5.56 Å². The molecule has 6 nitrogen and oxygen atoms in total. The van der Waals surface area contributed by atoms with Gasteiger partial charge in [-0.3, -0.25) is 4.99 Å². The van der Waals surface area contributed by atoms with E-state index in [2.05, 4.69) is 29.3 Å². The molecule has 1 aromatic carbocycles. The van der Waals surface area contributed by atoms with Gasteiger partial charge in [0.15, 0.2) is 5.96 Å². The van der Waals surface area contributed by atoms with E-state index in [-0.39, 0.29) is 24.0 Å². The Hall–Kier alpha value is -1.06. The van der Waals surface area contributed by atoms with Gasteiger partial charge in [-0.15, -0.1) is 24.0 Å². The van der Waals surface area contributed by atoms with Crippen molar-refractivity contribution in [3.8, 4) is 5.75 Å². The number of aliphatic imine (C=N–C) groups is 1. The van der Waals surface area contributed by atoms with E-state index in [0.717, 1.165) is 63.8 Å². The normalized spacial score (nSPS) is 16.8. The number of hydrogen-bond acceptors (Lipinski definition) is 4. The zero-order chi connectivity index (χ0) is 19.3. The Morgan fingerprint density at radius 3 is 2.61 bits per heavy atom. The van der Waals surface area contributed by atoms with Crippen LogP contribution in [0.4, 0.5) is 0 Å². The van der Waals surface area contributed by atoms with Gasteiger partial charge < -0.3 is 24.4 Å². The molecule has 0 amide bonds. The Morgan fingerprint density at radius 1 is 1.14 bits per heavy atom. The minimum atomic E-state index is 0. The highest BCUT2D eigenvalue weighted by Crippen LogP contribution is 2.28. The third kappa shape index (κ3) is 8.53. The third-order valence-corrected chi connectivity index (χ3v) is 4.80. The predicted molar refractivity (Wildman–Crippen MR) is 125 cm³/mol. The van der Waals surface area contributed by atoms with Crippen LogP contribution < -0.4 is 10.1 Å². The van der Waals surface area contributed by atoms with Crippen molar-refractivity contribution >= 4 is 29.9 Å². The van der Waals surface area contributed by atoms with E-state index in [0.29, 0.717) is 19.1 Å². The molecule has 1 unspecified atom stereocenters. The largest absolute Gasteiger partial charge is 0.497 e. The first-order chi connectivity index (χ1) is 13.3. The summed E-state index contributed by atoms with van der Waals surface area (Å²) in [5.41, 5.74) is 1.38. The molecule has 0 bridgehead atoms. The standard InChI is InChI=1S/C21H35N3O3.HI/c1-4-22-21(23-12-5-6-14-27-16-15-25-2)24-13-11-19(17-24)18-7-9-20(26-3)10-8-18;/h7-10,19H,4-6,11-17H2,1-3H3,(H,22,23);1H. The molecule has 1 aromatic rings. The van der Waals surface area contributed by atoms with E-state index in [1.54, 1.807) is 14.2 Å². The molecule has 160 valence electrons. The highest BCUT2D eigenvalue weighted by Gasteiger charge is 2.25. The second kappa shape index (κ2) is 14.9. The zero-order valence-corrected chi connectivity index (χ0v) is 19.8. The number of likely N-dealkylation sites (tertiary alicyclic amines) is 1. The fraction of sp³-hybridized carbons (Fsp3) is 0.667. The second-order valence-electron chi connectivity index (χ2n) is 6.75. The summed E-state index contributed by atoms with van der Waals surface area (Å²) in [5.74, 6) is 2.50. The van der Waals surface area contributed by atoms with Gasteiger partial charge in [-0.1, -0.05) is 12.1 Å². The molecule has 1 N–H and O–H groups in total. The molecule has 0 aliphatic carbocycles. The maximum atomic E-state index is 5.50. The minimum Gasteiger partial charge on any atom is -0.497 e. The van der Waals surface area contributed by atoms with Crippen molar-refractivity contribution in [2.45, 2.75) is 32.1 Å². The first kappa shape index (κ1) is 25.0. The van der Waals surface area contributed by atoms with Crippen LogP contribution in [0, 0.1) is 0 Å². The maximum Gasteiger partial charge on any atom is 0.193 e. The summed E-state index contributed by atoms with van der Waals surface area (Å²) in [5, 5.41) is 3.44. The zero-order valence-electron chi connectivity index (χ0n) is 17.5. The number of halogens is 1. The lowest BCUT2D eigenvalue weighted by atomic mass is 9.98. The number of nitrogens with one attached hydrogen (secondary N) is 1. The number of rotatable bonds is 11. The Kier molecular flexibility index (Phi) is 13.3. The van der Waals surface area contributed by atoms with Crippen molar-refractivity contribution in [3.05, 3.63) is 29.8 Å². The van der Waals surface area contributed by atoms with E-state index >= 15 is 0 Å². The Bertz CT molecular complexity index is 554. The van der Waals surface area contributed by atoms with Crippen molar-refractivity contribution in [2.75, 3.05) is 60.2 Å². The van der Waals surface area contributed by atoms with Crippen molar-refractivity contribution in [1.82, 2.24) is 10.2 Å². The number of unbranched alkanes of at least 4 members (excludes halogenated alkanes) is 1. The molecular weight excluding hydrogens is 469 g/mol. The van der Waals surface area contributed by atoms with Gasteiger partial charge >= 0.3 is 0 Å². The van der Waals surface area contributed by atoms with Gasteiger partial charge in [0, 0.05) is 45.8 Å². The van der Waals surface area contributed by atoms with Crippen LogP contribution in [0.15, 0.2) is 29.3 Å². The molecule has 1 saturated heterocycles. The van der Waals surface area contributed by atoms with E-state index in [9.17, 15) is 0 Å². The van der Waals surface area contributed by atoms with Crippen LogP contribution in [0.2, 0.25) is 0 Å². The van der Waals surface area contributed by atoms with Crippen LogP contribution >= 0.6 is 24.0 Å². The fourth-order valence-electron chi connectivity index (χ4n) is 3.27. The summed E-state index contributed by atoms with van der Waals surface area (Å²) >= 11 is 0. The van der Waals surface area contributed by atoms with Gasteiger partial charge in [-0.25, -0.2) is 0 Å². The lowest BCUT2D eigenvalue weighted by molar-refractivity contribution is 0.0690. The van der Waals surface area contributed by atoms with E-state index in [1.807, 2.05) is 12.1 Å². The minimum absolute atomic E-state index is 0. The van der Waals surface area contributed by atoms with Gasteiger partial charge in [0.1, 0.15) is 5.75 Å². The van der Waals surface area contributed by atoms with Gasteiger partial charge in [0.25, 0.3) is 0 Å². The van der Waals surface area contributed by atoms with Gasteiger partial charge in [0.05, 0.1) is 20.3 Å². The Labute approximate surface area is 187 Å². The number of nitrogens with zero attached hydrogens (tertiary/aromatic N) is 2. The van der Waals surface area contributed by atoms with Crippen molar-refractivity contribution in [3.63, 3.8) is 0 Å². The topological polar surface area (TPSA) is 55.3 Å². The van der Waals surface area contributed by atoms with Crippen LogP contribution in [0.3, 0.4) is 0 Å². The SMILES string of the molecule is CCNC(=NCCCCOCCOC)N1CCC(c2ccc(OC)cc2)C1.I.